The molecule has 2 aromatic heterocycles. The first-order chi connectivity index (χ1) is 16.3. The second-order valence-electron chi connectivity index (χ2n) is 8.42. The molecule has 0 amide bonds. The number of tetrazole rings is 1. The van der Waals surface area contributed by atoms with Crippen LogP contribution in [0.5, 0.6) is 11.5 Å². The third-order valence-electron chi connectivity index (χ3n) is 6.31. The summed E-state index contributed by atoms with van der Waals surface area (Å²) < 4.78 is 12.0. The van der Waals surface area contributed by atoms with Crippen molar-refractivity contribution in [3.63, 3.8) is 0 Å². The summed E-state index contributed by atoms with van der Waals surface area (Å²) in [5.41, 5.74) is 4.58. The van der Waals surface area contributed by atoms with Gasteiger partial charge in [-0.05, 0) is 83.5 Å². The van der Waals surface area contributed by atoms with Crippen molar-refractivity contribution >= 4 is 0 Å². The van der Waals surface area contributed by atoms with Crippen molar-refractivity contribution in [3.8, 4) is 22.9 Å². The van der Waals surface area contributed by atoms with Gasteiger partial charge in [0, 0.05) is 23.9 Å². The third kappa shape index (κ3) is 4.87. The second-order valence-corrected chi connectivity index (χ2v) is 8.42. The molecule has 1 N–H and O–H groups in total. The van der Waals surface area contributed by atoms with Gasteiger partial charge in [-0.25, -0.2) is 5.10 Å². The van der Waals surface area contributed by atoms with E-state index >= 15 is 0 Å². The fraction of sp³-hybridized carbons (Fsp3) is 0.308. The lowest BCUT2D eigenvalue weighted by molar-refractivity contribution is 0.200. The minimum absolute atomic E-state index is 0.145. The number of hydrogen-bond donors (Lipinski definition) is 1. The average Bonchev–Trinajstić information content (AvgIpc) is 3.58. The van der Waals surface area contributed by atoms with E-state index in [-0.39, 0.29) is 12.0 Å². The molecule has 7 nitrogen and oxygen atoms in total. The maximum absolute atomic E-state index is 6.38. The van der Waals surface area contributed by atoms with E-state index in [1.54, 1.807) is 7.11 Å². The third-order valence-corrected chi connectivity index (χ3v) is 6.31. The first-order valence-electron chi connectivity index (χ1n) is 11.4. The van der Waals surface area contributed by atoms with Gasteiger partial charge in [-0.3, -0.25) is 4.98 Å². The van der Waals surface area contributed by atoms with Gasteiger partial charge >= 0.3 is 0 Å². The highest BCUT2D eigenvalue weighted by molar-refractivity contribution is 5.55. The number of ether oxygens (including phenoxy) is 2. The van der Waals surface area contributed by atoms with E-state index in [4.69, 9.17) is 9.47 Å². The Morgan fingerprint density at radius 2 is 1.70 bits per heavy atom. The molecule has 2 heterocycles. The summed E-state index contributed by atoms with van der Waals surface area (Å²) in [6.45, 7) is 0. The van der Waals surface area contributed by atoms with Gasteiger partial charge in [0.15, 0.2) is 17.3 Å². The molecule has 1 aliphatic rings. The topological polar surface area (TPSA) is 85.8 Å². The quantitative estimate of drug-likeness (QED) is 0.416. The first-order valence-corrected chi connectivity index (χ1v) is 11.4. The van der Waals surface area contributed by atoms with Crippen LogP contribution in [0.1, 0.15) is 48.3 Å². The molecule has 4 aromatic rings. The van der Waals surface area contributed by atoms with Gasteiger partial charge in [0.1, 0.15) is 0 Å². The zero-order valence-electron chi connectivity index (χ0n) is 18.6. The van der Waals surface area contributed by atoms with Crippen molar-refractivity contribution < 1.29 is 9.47 Å². The smallest absolute Gasteiger partial charge is 0.179 e. The minimum Gasteiger partial charge on any atom is -0.493 e. The molecule has 33 heavy (non-hydrogen) atoms. The summed E-state index contributed by atoms with van der Waals surface area (Å²) in [7, 11) is 1.70. The lowest BCUT2D eigenvalue weighted by atomic mass is 9.85. The summed E-state index contributed by atoms with van der Waals surface area (Å²) in [4.78, 5) is 4.17. The van der Waals surface area contributed by atoms with Gasteiger partial charge in [0.25, 0.3) is 0 Å². The van der Waals surface area contributed by atoms with Crippen LogP contribution >= 0.6 is 0 Å². The van der Waals surface area contributed by atoms with Crippen LogP contribution in [-0.4, -0.2) is 38.8 Å². The number of hydrogen-bond acceptors (Lipinski definition) is 6. The highest BCUT2D eigenvalue weighted by Crippen LogP contribution is 2.37. The lowest BCUT2D eigenvalue weighted by Gasteiger charge is -2.22. The molecule has 168 valence electrons. The zero-order chi connectivity index (χ0) is 22.5. The summed E-state index contributed by atoms with van der Waals surface area (Å²) in [5.74, 6) is 2.41. The van der Waals surface area contributed by atoms with Crippen molar-refractivity contribution in [2.24, 2.45) is 0 Å². The largest absolute Gasteiger partial charge is 0.493 e. The molecular weight excluding hydrogens is 414 g/mol. The molecule has 1 unspecified atom stereocenters. The molecule has 0 spiro atoms. The van der Waals surface area contributed by atoms with Crippen LogP contribution in [0.2, 0.25) is 0 Å². The minimum atomic E-state index is 0.145. The SMILES string of the molecule is COc1ccc(C(Cc2ccncc2)c2ccc(-c3nnn[nH]3)cc2)cc1OC1CCCC1. The van der Waals surface area contributed by atoms with Gasteiger partial charge in [-0.15, -0.1) is 5.10 Å². The van der Waals surface area contributed by atoms with Crippen molar-refractivity contribution in [1.82, 2.24) is 25.6 Å². The van der Waals surface area contributed by atoms with E-state index < -0.39 is 0 Å². The number of aromatic amines is 1. The maximum Gasteiger partial charge on any atom is 0.179 e. The molecular formula is C26H27N5O2. The predicted molar refractivity (Wildman–Crippen MR) is 125 cm³/mol. The Morgan fingerprint density at radius 3 is 2.39 bits per heavy atom. The molecule has 7 heteroatoms. The van der Waals surface area contributed by atoms with Gasteiger partial charge in [0.05, 0.1) is 13.2 Å². The number of aromatic nitrogens is 5. The van der Waals surface area contributed by atoms with Crippen molar-refractivity contribution in [2.45, 2.75) is 44.1 Å². The number of methoxy groups -OCH3 is 1. The molecule has 5 rings (SSSR count). The standard InChI is InChI=1S/C26H27N5O2/c1-32-24-11-10-21(17-25(24)33-22-4-2-3-5-22)23(16-18-12-14-27-15-13-18)19-6-8-20(9-7-19)26-28-30-31-29-26/h6-15,17,22-23H,2-5,16H2,1H3,(H,28,29,30,31). The van der Waals surface area contributed by atoms with Gasteiger partial charge in [-0.2, -0.15) is 0 Å². The Morgan fingerprint density at radius 1 is 0.939 bits per heavy atom. The van der Waals surface area contributed by atoms with E-state index in [0.29, 0.717) is 5.82 Å². The summed E-state index contributed by atoms with van der Waals surface area (Å²) in [6.07, 6.45) is 9.46. The highest BCUT2D eigenvalue weighted by atomic mass is 16.5. The Balaban J connectivity index is 1.50. The van der Waals surface area contributed by atoms with Crippen LogP contribution in [0.25, 0.3) is 11.4 Å². The monoisotopic (exact) mass is 441 g/mol. The number of nitrogens with zero attached hydrogens (tertiary/aromatic N) is 4. The van der Waals surface area contributed by atoms with E-state index in [0.717, 1.165) is 36.3 Å². The highest BCUT2D eigenvalue weighted by Gasteiger charge is 2.21. The maximum atomic E-state index is 6.38. The molecule has 0 bridgehead atoms. The molecule has 1 atom stereocenters. The first kappa shape index (κ1) is 21.1. The fourth-order valence-electron chi connectivity index (χ4n) is 4.53. The van der Waals surface area contributed by atoms with Crippen LogP contribution in [-0.2, 0) is 6.42 Å². The van der Waals surface area contributed by atoms with Crippen LogP contribution in [0.15, 0.2) is 67.0 Å². The van der Waals surface area contributed by atoms with Crippen LogP contribution < -0.4 is 9.47 Å². The molecule has 0 radical (unpaired) electrons. The Labute approximate surface area is 193 Å². The molecule has 2 aromatic carbocycles. The van der Waals surface area contributed by atoms with Gasteiger partial charge in [0.2, 0.25) is 0 Å². The van der Waals surface area contributed by atoms with E-state index in [1.807, 2.05) is 18.5 Å². The summed E-state index contributed by atoms with van der Waals surface area (Å²) in [6, 6.07) is 18.8. The predicted octanol–water partition coefficient (Wildman–Crippen LogP) is 4.97. The van der Waals surface area contributed by atoms with Crippen molar-refractivity contribution in [1.29, 1.82) is 0 Å². The van der Waals surface area contributed by atoms with Crippen LogP contribution in [0.4, 0.5) is 0 Å². The van der Waals surface area contributed by atoms with E-state index in [2.05, 4.69) is 74.1 Å². The van der Waals surface area contributed by atoms with E-state index in [9.17, 15) is 0 Å². The number of H-pyrrole nitrogens is 1. The molecule has 0 saturated heterocycles. The molecule has 1 saturated carbocycles. The van der Waals surface area contributed by atoms with Crippen molar-refractivity contribution in [2.75, 3.05) is 7.11 Å². The summed E-state index contributed by atoms with van der Waals surface area (Å²) in [5, 5.41) is 14.2. The number of benzene rings is 2. The summed E-state index contributed by atoms with van der Waals surface area (Å²) >= 11 is 0. The Bertz CT molecular complexity index is 1160. The molecule has 0 aliphatic heterocycles. The van der Waals surface area contributed by atoms with Crippen LogP contribution in [0.3, 0.4) is 0 Å². The normalized spacial score (nSPS) is 14.8. The average molecular weight is 442 g/mol. The van der Waals surface area contributed by atoms with Crippen molar-refractivity contribution in [3.05, 3.63) is 83.7 Å². The lowest BCUT2D eigenvalue weighted by Crippen LogP contribution is -2.12. The van der Waals surface area contributed by atoms with Crippen LogP contribution in [0, 0.1) is 0 Å². The molecule has 1 aliphatic carbocycles. The zero-order valence-corrected chi connectivity index (χ0v) is 18.6. The van der Waals surface area contributed by atoms with Gasteiger partial charge in [-0.1, -0.05) is 30.3 Å². The number of pyridine rings is 1. The molecule has 1 fully saturated rings. The number of rotatable bonds is 8. The second kappa shape index (κ2) is 9.81. The van der Waals surface area contributed by atoms with Gasteiger partial charge < -0.3 is 9.47 Å². The Kier molecular flexibility index (Phi) is 6.28. The Hall–Kier alpha value is -3.74. The fourth-order valence-corrected chi connectivity index (χ4v) is 4.53. The van der Waals surface area contributed by atoms with E-state index in [1.165, 1.54) is 29.5 Å². The number of nitrogens with one attached hydrogen (secondary N) is 1.